The summed E-state index contributed by atoms with van der Waals surface area (Å²) < 4.78 is 37.6. The van der Waals surface area contributed by atoms with Crippen LogP contribution < -0.4 is 14.9 Å². The summed E-state index contributed by atoms with van der Waals surface area (Å²) >= 11 is 6.16. The van der Waals surface area contributed by atoms with Crippen LogP contribution in [0.2, 0.25) is 0 Å². The zero-order valence-corrected chi connectivity index (χ0v) is 21.4. The summed E-state index contributed by atoms with van der Waals surface area (Å²) in [6.45, 7) is 5.25. The van der Waals surface area contributed by atoms with E-state index in [1.807, 2.05) is 0 Å². The number of nitrogens with one attached hydrogen (secondary N) is 2. The number of hydrogen-bond acceptors (Lipinski definition) is 9. The number of anilines is 3. The van der Waals surface area contributed by atoms with Gasteiger partial charge in [0.05, 0.1) is 28.4 Å². The molecule has 0 unspecified atom stereocenters. The number of nitrogens with zero attached hydrogens (tertiary/aromatic N) is 2. The van der Waals surface area contributed by atoms with Crippen LogP contribution in [0.25, 0.3) is 0 Å². The Morgan fingerprint density at radius 3 is 2.27 bits per heavy atom. The van der Waals surface area contributed by atoms with E-state index in [9.17, 15) is 22.8 Å². The van der Waals surface area contributed by atoms with Crippen molar-refractivity contribution < 1.29 is 32.1 Å². The maximum absolute atomic E-state index is 13.0. The van der Waals surface area contributed by atoms with Crippen molar-refractivity contribution in [2.45, 2.75) is 25.7 Å². The molecule has 3 aromatic rings. The molecule has 1 aliphatic heterocycles. The first-order valence-electron chi connectivity index (χ1n) is 10.9. The predicted octanol–water partition coefficient (Wildman–Crippen LogP) is 3.70. The van der Waals surface area contributed by atoms with Crippen LogP contribution >= 0.6 is 11.6 Å². The average molecular weight is 545 g/mol. The predicted molar refractivity (Wildman–Crippen MR) is 135 cm³/mol. The minimum atomic E-state index is -3.97. The lowest BCUT2D eigenvalue weighted by molar-refractivity contribution is -0.120. The molecule has 0 saturated heterocycles. The minimum absolute atomic E-state index is 0.0158. The zero-order chi connectivity index (χ0) is 26.9. The summed E-state index contributed by atoms with van der Waals surface area (Å²) in [5.74, 6) is -1.98. The van der Waals surface area contributed by atoms with Gasteiger partial charge in [-0.2, -0.15) is 0 Å². The molecule has 1 aromatic heterocycles. The van der Waals surface area contributed by atoms with Gasteiger partial charge in [-0.05, 0) is 69.3 Å². The van der Waals surface area contributed by atoms with Gasteiger partial charge in [-0.25, -0.2) is 22.8 Å². The normalized spacial score (nSPS) is 13.8. The molecule has 0 fully saturated rings. The number of ether oxygens (including phenoxy) is 1. The first-order chi connectivity index (χ1) is 17.5. The van der Waals surface area contributed by atoms with Crippen LogP contribution in [0.4, 0.5) is 17.3 Å². The van der Waals surface area contributed by atoms with Gasteiger partial charge in [0.15, 0.2) is 0 Å². The lowest BCUT2D eigenvalue weighted by atomic mass is 10.2. The number of carbonyl (C=O) groups is 3. The van der Waals surface area contributed by atoms with Crippen molar-refractivity contribution in [3.63, 3.8) is 0 Å². The van der Waals surface area contributed by atoms with Crippen LogP contribution in [0.5, 0.6) is 0 Å². The third-order valence-electron chi connectivity index (χ3n) is 5.48. The van der Waals surface area contributed by atoms with Crippen molar-refractivity contribution in [3.05, 3.63) is 76.1 Å². The molecule has 0 atom stereocenters. The zero-order valence-electron chi connectivity index (χ0n) is 19.9. The molecule has 2 aromatic carbocycles. The van der Waals surface area contributed by atoms with Gasteiger partial charge in [-0.1, -0.05) is 16.8 Å². The Hall–Kier alpha value is -4.16. The van der Waals surface area contributed by atoms with E-state index in [0.29, 0.717) is 16.9 Å². The topological polar surface area (TPSA) is 148 Å². The van der Waals surface area contributed by atoms with Gasteiger partial charge < -0.3 is 14.6 Å². The Morgan fingerprint density at radius 2 is 1.70 bits per heavy atom. The van der Waals surface area contributed by atoms with Crippen molar-refractivity contribution in [3.8, 4) is 0 Å². The van der Waals surface area contributed by atoms with Gasteiger partial charge >= 0.3 is 5.97 Å². The molecule has 2 N–H and O–H groups in total. The van der Waals surface area contributed by atoms with Crippen LogP contribution in [0.15, 0.2) is 68.7 Å². The molecule has 0 spiro atoms. The smallest absolute Gasteiger partial charge is 0.338 e. The molecule has 0 bridgehead atoms. The van der Waals surface area contributed by atoms with Gasteiger partial charge in [0.1, 0.15) is 10.7 Å². The number of esters is 1. The number of rotatable bonds is 8. The molecule has 11 nitrogen and oxygen atoms in total. The molecule has 37 heavy (non-hydrogen) atoms. The molecule has 2 heterocycles. The minimum Gasteiger partial charge on any atom is -0.462 e. The van der Waals surface area contributed by atoms with Crippen LogP contribution in [0.3, 0.4) is 0 Å². The summed E-state index contributed by atoms with van der Waals surface area (Å²) in [7, 11) is -3.97. The van der Waals surface area contributed by atoms with Crippen LogP contribution in [0.1, 0.15) is 28.5 Å². The van der Waals surface area contributed by atoms with E-state index in [4.69, 9.17) is 20.9 Å². The SMILES string of the molecule is CCOC(=O)c1ccc(N2C(=O)C(Cl)=C(Nc3ccc(S(=O)(=O)Nc4onc(C)c4C)cc3)C2=O)cc1. The van der Waals surface area contributed by atoms with E-state index >= 15 is 0 Å². The summed E-state index contributed by atoms with van der Waals surface area (Å²) in [5.41, 5.74) is 1.74. The average Bonchev–Trinajstić information content (AvgIpc) is 3.29. The Kier molecular flexibility index (Phi) is 7.05. The molecular weight excluding hydrogens is 524 g/mol. The number of amides is 2. The second-order valence-corrected chi connectivity index (χ2v) is 9.94. The van der Waals surface area contributed by atoms with Crippen molar-refractivity contribution in [2.24, 2.45) is 0 Å². The van der Waals surface area contributed by atoms with E-state index in [1.54, 1.807) is 20.8 Å². The highest BCUT2D eigenvalue weighted by Gasteiger charge is 2.39. The third-order valence-corrected chi connectivity index (χ3v) is 7.18. The Bertz CT molecular complexity index is 1530. The maximum atomic E-state index is 13.0. The second kappa shape index (κ2) is 10.1. The van der Waals surface area contributed by atoms with Crippen molar-refractivity contribution in [1.82, 2.24) is 5.16 Å². The van der Waals surface area contributed by atoms with E-state index in [0.717, 1.165) is 4.90 Å². The fraction of sp³-hybridized carbons (Fsp3) is 0.167. The molecule has 1 aliphatic rings. The summed E-state index contributed by atoms with van der Waals surface area (Å²) in [5, 5.41) is 6.16. The molecule has 192 valence electrons. The van der Waals surface area contributed by atoms with E-state index in [2.05, 4.69) is 15.2 Å². The van der Waals surface area contributed by atoms with Crippen LogP contribution in [-0.2, 0) is 24.3 Å². The number of imide groups is 1. The number of aryl methyl sites for hydroxylation is 1. The Labute approximate surface area is 217 Å². The summed E-state index contributed by atoms with van der Waals surface area (Å²) in [4.78, 5) is 38.4. The molecule has 0 saturated carbocycles. The van der Waals surface area contributed by atoms with Gasteiger partial charge in [-0.15, -0.1) is 0 Å². The standard InChI is InChI=1S/C24H21ClN4O7S/c1-4-35-24(32)15-5-9-17(10-6-15)29-22(30)19(25)20(23(29)31)26-16-7-11-18(12-8-16)37(33,34)28-21-13(2)14(3)27-36-21/h5-12,26,28H,4H2,1-3H3. The van der Waals surface area contributed by atoms with Crippen molar-refractivity contribution in [1.29, 1.82) is 0 Å². The quantitative estimate of drug-likeness (QED) is 0.320. The Morgan fingerprint density at radius 1 is 1.05 bits per heavy atom. The van der Waals surface area contributed by atoms with Crippen molar-refractivity contribution in [2.75, 3.05) is 21.5 Å². The summed E-state index contributed by atoms with van der Waals surface area (Å²) in [6, 6.07) is 11.2. The summed E-state index contributed by atoms with van der Waals surface area (Å²) in [6.07, 6.45) is 0. The molecule has 0 aliphatic carbocycles. The fourth-order valence-corrected chi connectivity index (χ4v) is 4.62. The van der Waals surface area contributed by atoms with Gasteiger partial charge in [-0.3, -0.25) is 9.59 Å². The van der Waals surface area contributed by atoms with Crippen LogP contribution in [0, 0.1) is 13.8 Å². The number of halogens is 1. The first-order valence-corrected chi connectivity index (χ1v) is 12.8. The number of aromatic nitrogens is 1. The first kappa shape index (κ1) is 25.9. The fourth-order valence-electron chi connectivity index (χ4n) is 3.36. The maximum Gasteiger partial charge on any atom is 0.338 e. The van der Waals surface area contributed by atoms with E-state index < -0.39 is 27.8 Å². The molecule has 13 heteroatoms. The third kappa shape index (κ3) is 5.06. The molecule has 2 amide bonds. The van der Waals surface area contributed by atoms with Crippen LogP contribution in [-0.4, -0.2) is 38.0 Å². The number of sulfonamides is 1. The number of hydrogen-bond donors (Lipinski definition) is 2. The van der Waals surface area contributed by atoms with Crippen molar-refractivity contribution >= 4 is 56.7 Å². The van der Waals surface area contributed by atoms with E-state index in [-0.39, 0.29) is 39.4 Å². The lowest BCUT2D eigenvalue weighted by Crippen LogP contribution is -2.32. The molecule has 0 radical (unpaired) electrons. The highest BCUT2D eigenvalue weighted by Crippen LogP contribution is 2.31. The highest BCUT2D eigenvalue weighted by molar-refractivity contribution is 7.92. The number of benzene rings is 2. The largest absolute Gasteiger partial charge is 0.462 e. The Balaban J connectivity index is 1.49. The lowest BCUT2D eigenvalue weighted by Gasteiger charge is -2.15. The van der Waals surface area contributed by atoms with Gasteiger partial charge in [0, 0.05) is 11.3 Å². The van der Waals surface area contributed by atoms with Gasteiger partial charge in [0.25, 0.3) is 21.8 Å². The monoisotopic (exact) mass is 544 g/mol. The van der Waals surface area contributed by atoms with Gasteiger partial charge in [0.2, 0.25) is 5.88 Å². The molecule has 4 rings (SSSR count). The molecular formula is C24H21ClN4O7S. The highest BCUT2D eigenvalue weighted by atomic mass is 35.5. The number of carbonyl (C=O) groups excluding carboxylic acids is 3. The van der Waals surface area contributed by atoms with E-state index in [1.165, 1.54) is 48.5 Å². The second-order valence-electron chi connectivity index (χ2n) is 7.88.